The molecule has 302 valence electrons. The van der Waals surface area contributed by atoms with Gasteiger partial charge in [0.15, 0.2) is 0 Å². The van der Waals surface area contributed by atoms with Gasteiger partial charge in [0.2, 0.25) is 0 Å². The second-order valence-electron chi connectivity index (χ2n) is 16.9. The summed E-state index contributed by atoms with van der Waals surface area (Å²) in [5, 5.41) is 9.60. The maximum atomic E-state index is 5.29. The van der Waals surface area contributed by atoms with E-state index in [-0.39, 0.29) is 0 Å². The minimum atomic E-state index is 0.861. The molecule has 0 unspecified atom stereocenters. The zero-order valence-electron chi connectivity index (χ0n) is 35.4. The molecule has 2 aromatic heterocycles. The van der Waals surface area contributed by atoms with Gasteiger partial charge < -0.3 is 4.57 Å². The largest absolute Gasteiger partial charge is 0.309 e. The highest BCUT2D eigenvalue weighted by atomic mass is 15.0. The quantitative estimate of drug-likeness (QED) is 0.156. The number of rotatable bonds is 6. The first-order chi connectivity index (χ1) is 32.2. The van der Waals surface area contributed by atoms with E-state index >= 15 is 0 Å². The maximum Gasteiger partial charge on any atom is 0.0979 e. The number of benzene rings is 11. The van der Waals surface area contributed by atoms with Gasteiger partial charge in [-0.15, -0.1) is 0 Å². The Hall–Kier alpha value is -8.66. The fourth-order valence-corrected chi connectivity index (χ4v) is 10.1. The minimum absolute atomic E-state index is 0.861. The predicted molar refractivity (Wildman–Crippen MR) is 274 cm³/mol. The molecule has 13 aromatic rings. The monoisotopic (exact) mass is 825 g/mol. The second-order valence-corrected chi connectivity index (χ2v) is 16.9. The SMILES string of the molecule is c1ccc(-n2c3ccccc3c3ccc(-c4ccc(-c5ccc(-c6cccc7c(-c8cccc(-c9cnc%10c%11ccccc%11c%11ccccc%11c%10n9)c8)cccc67)cc5)cc4)cc32)cc1. The van der Waals surface area contributed by atoms with E-state index in [0.717, 1.165) is 38.6 Å². The molecule has 0 aliphatic rings. The van der Waals surface area contributed by atoms with Crippen LogP contribution in [0.3, 0.4) is 0 Å². The molecular formula is C62H39N3. The van der Waals surface area contributed by atoms with Crippen molar-refractivity contribution in [1.82, 2.24) is 14.5 Å². The third-order valence-electron chi connectivity index (χ3n) is 13.3. The number of para-hydroxylation sites is 2. The van der Waals surface area contributed by atoms with E-state index in [0.29, 0.717) is 0 Å². The van der Waals surface area contributed by atoms with Crippen molar-refractivity contribution in [3.8, 4) is 61.5 Å². The first-order valence-electron chi connectivity index (χ1n) is 22.2. The Morgan fingerprint density at radius 3 is 1.46 bits per heavy atom. The van der Waals surface area contributed by atoms with E-state index < -0.39 is 0 Å². The Kier molecular flexibility index (Phi) is 8.53. The normalized spacial score (nSPS) is 11.7. The lowest BCUT2D eigenvalue weighted by molar-refractivity contribution is 1.18. The maximum absolute atomic E-state index is 5.29. The summed E-state index contributed by atoms with van der Waals surface area (Å²) >= 11 is 0. The third-order valence-corrected chi connectivity index (χ3v) is 13.3. The van der Waals surface area contributed by atoms with Gasteiger partial charge in [-0.2, -0.15) is 0 Å². The molecule has 0 amide bonds. The molecule has 13 rings (SSSR count). The minimum Gasteiger partial charge on any atom is -0.309 e. The zero-order valence-corrected chi connectivity index (χ0v) is 35.4. The van der Waals surface area contributed by atoms with Crippen molar-refractivity contribution in [1.29, 1.82) is 0 Å². The molecule has 0 saturated heterocycles. The Morgan fingerprint density at radius 1 is 0.277 bits per heavy atom. The molecule has 0 spiro atoms. The van der Waals surface area contributed by atoms with Crippen molar-refractivity contribution >= 4 is 65.2 Å². The fourth-order valence-electron chi connectivity index (χ4n) is 10.1. The van der Waals surface area contributed by atoms with Crippen LogP contribution in [0.25, 0.3) is 127 Å². The van der Waals surface area contributed by atoms with Crippen LogP contribution in [0.4, 0.5) is 0 Å². The molecule has 11 aromatic carbocycles. The summed E-state index contributed by atoms with van der Waals surface area (Å²) in [4.78, 5) is 10.3. The highest BCUT2D eigenvalue weighted by Gasteiger charge is 2.16. The van der Waals surface area contributed by atoms with Crippen LogP contribution in [0.15, 0.2) is 237 Å². The first kappa shape index (κ1) is 36.9. The molecular weight excluding hydrogens is 787 g/mol. The van der Waals surface area contributed by atoms with Crippen LogP contribution >= 0.6 is 0 Å². The number of hydrogen-bond donors (Lipinski definition) is 0. The Balaban J connectivity index is 0.808. The molecule has 0 aliphatic carbocycles. The Morgan fingerprint density at radius 2 is 0.769 bits per heavy atom. The molecule has 65 heavy (non-hydrogen) atoms. The van der Waals surface area contributed by atoms with Crippen LogP contribution in [0.1, 0.15) is 0 Å². The molecule has 0 bridgehead atoms. The average Bonchev–Trinajstić information content (AvgIpc) is 3.72. The van der Waals surface area contributed by atoms with E-state index in [1.807, 2.05) is 6.20 Å². The van der Waals surface area contributed by atoms with E-state index in [9.17, 15) is 0 Å². The van der Waals surface area contributed by atoms with Crippen molar-refractivity contribution < 1.29 is 0 Å². The second kappa shape index (κ2) is 15.0. The third kappa shape index (κ3) is 6.12. The van der Waals surface area contributed by atoms with Gasteiger partial charge in [0.25, 0.3) is 0 Å². The first-order valence-corrected chi connectivity index (χ1v) is 22.2. The average molecular weight is 826 g/mol. The van der Waals surface area contributed by atoms with Crippen LogP contribution in [0.5, 0.6) is 0 Å². The van der Waals surface area contributed by atoms with Gasteiger partial charge in [-0.3, -0.25) is 4.98 Å². The number of hydrogen-bond acceptors (Lipinski definition) is 2. The molecule has 3 heteroatoms. The molecule has 3 nitrogen and oxygen atoms in total. The van der Waals surface area contributed by atoms with Gasteiger partial charge in [0, 0.05) is 32.8 Å². The molecule has 0 radical (unpaired) electrons. The molecule has 0 fully saturated rings. The van der Waals surface area contributed by atoms with Gasteiger partial charge in [0.1, 0.15) is 0 Å². The van der Waals surface area contributed by atoms with Crippen LogP contribution in [-0.2, 0) is 0 Å². The molecule has 0 saturated carbocycles. The van der Waals surface area contributed by atoms with Gasteiger partial charge in [-0.25, -0.2) is 4.98 Å². The zero-order chi connectivity index (χ0) is 42.8. The van der Waals surface area contributed by atoms with E-state index in [2.05, 4.69) is 235 Å². The van der Waals surface area contributed by atoms with Crippen LogP contribution in [-0.4, -0.2) is 14.5 Å². The summed E-state index contributed by atoms with van der Waals surface area (Å²) in [6, 6.07) is 83.2. The summed E-state index contributed by atoms with van der Waals surface area (Å²) < 4.78 is 2.38. The van der Waals surface area contributed by atoms with Gasteiger partial charge >= 0.3 is 0 Å². The standard InChI is InChI=1S/C62H39N3/c1-2-15-47(16-3-1)65-59-26-9-8-19-54(59)55-36-35-44(38-60(55)65)42-29-27-40(28-30-42)41-31-33-43(34-32-41)48-22-11-25-51-49(23-12-24-50(48)51)45-13-10-14-46(37-45)58-39-63-61-56-20-6-4-17-52(56)53-18-5-7-21-57(53)62(61)64-58/h1-39H. The highest BCUT2D eigenvalue weighted by Crippen LogP contribution is 2.39. The lowest BCUT2D eigenvalue weighted by Crippen LogP contribution is -1.93. The van der Waals surface area contributed by atoms with Crippen LogP contribution in [0.2, 0.25) is 0 Å². The summed E-state index contributed by atoms with van der Waals surface area (Å²) in [5.74, 6) is 0. The number of nitrogens with zero attached hydrogens (tertiary/aromatic N) is 3. The van der Waals surface area contributed by atoms with Crippen molar-refractivity contribution in [2.75, 3.05) is 0 Å². The lowest BCUT2D eigenvalue weighted by atomic mass is 9.91. The molecule has 2 heterocycles. The topological polar surface area (TPSA) is 30.7 Å². The van der Waals surface area contributed by atoms with E-state index in [4.69, 9.17) is 9.97 Å². The summed E-state index contributed by atoms with van der Waals surface area (Å²) in [6.07, 6.45) is 1.93. The van der Waals surface area contributed by atoms with Crippen molar-refractivity contribution in [3.05, 3.63) is 237 Å². The Labute approximate surface area is 376 Å². The molecule has 0 N–H and O–H groups in total. The molecule has 0 aliphatic heterocycles. The van der Waals surface area contributed by atoms with E-state index in [1.165, 1.54) is 88.0 Å². The van der Waals surface area contributed by atoms with E-state index in [1.54, 1.807) is 0 Å². The van der Waals surface area contributed by atoms with Crippen molar-refractivity contribution in [2.45, 2.75) is 0 Å². The van der Waals surface area contributed by atoms with Gasteiger partial charge in [0.05, 0.1) is 34.0 Å². The molecule has 0 atom stereocenters. The fraction of sp³-hybridized carbons (Fsp3) is 0. The predicted octanol–water partition coefficient (Wildman–Crippen LogP) is 16.5. The number of aromatic nitrogens is 3. The summed E-state index contributed by atoms with van der Waals surface area (Å²) in [6.45, 7) is 0. The summed E-state index contributed by atoms with van der Waals surface area (Å²) in [7, 11) is 0. The van der Waals surface area contributed by atoms with Gasteiger partial charge in [-0.05, 0) is 96.4 Å². The number of fused-ring (bicyclic) bond motifs is 10. The lowest BCUT2D eigenvalue weighted by Gasteiger charge is -2.13. The Bertz CT molecular complexity index is 3940. The highest BCUT2D eigenvalue weighted by molar-refractivity contribution is 6.23. The van der Waals surface area contributed by atoms with Crippen molar-refractivity contribution in [3.63, 3.8) is 0 Å². The van der Waals surface area contributed by atoms with Crippen LogP contribution < -0.4 is 0 Å². The smallest absolute Gasteiger partial charge is 0.0979 e. The van der Waals surface area contributed by atoms with Crippen molar-refractivity contribution in [2.24, 2.45) is 0 Å². The van der Waals surface area contributed by atoms with Gasteiger partial charge in [-0.1, -0.05) is 200 Å². The van der Waals surface area contributed by atoms with Crippen LogP contribution in [0, 0.1) is 0 Å². The summed E-state index contributed by atoms with van der Waals surface area (Å²) in [5.41, 5.74) is 16.9.